The van der Waals surface area contributed by atoms with E-state index in [1.807, 2.05) is 13.0 Å². The van der Waals surface area contributed by atoms with Gasteiger partial charge < -0.3 is 20.4 Å². The van der Waals surface area contributed by atoms with Crippen molar-refractivity contribution in [3.8, 4) is 0 Å². The lowest BCUT2D eigenvalue weighted by Gasteiger charge is -2.59. The molecule has 4 rings (SSSR count). The Morgan fingerprint density at radius 1 is 1.27 bits per heavy atom. The first-order valence-corrected chi connectivity index (χ1v) is 9.32. The van der Waals surface area contributed by atoms with Gasteiger partial charge in [-0.25, -0.2) is 4.79 Å². The molecule has 0 aromatic carbocycles. The highest BCUT2D eigenvalue weighted by molar-refractivity contribution is 6.01. The lowest BCUT2D eigenvalue weighted by molar-refractivity contribution is -0.203. The molecule has 0 radical (unpaired) electrons. The van der Waals surface area contributed by atoms with Crippen molar-refractivity contribution in [2.75, 3.05) is 0 Å². The Balaban J connectivity index is 1.79. The maximum Gasteiger partial charge on any atom is 0.339 e. The molecule has 0 spiro atoms. The van der Waals surface area contributed by atoms with E-state index in [2.05, 4.69) is 0 Å². The second kappa shape index (κ2) is 5.27. The molecule has 3 fully saturated rings. The summed E-state index contributed by atoms with van der Waals surface area (Å²) in [6.45, 7) is 3.72. The van der Waals surface area contributed by atoms with Gasteiger partial charge in [0.05, 0.1) is 12.2 Å². The van der Waals surface area contributed by atoms with Gasteiger partial charge in [0.25, 0.3) is 0 Å². The zero-order valence-corrected chi connectivity index (χ0v) is 15.1. The van der Waals surface area contributed by atoms with E-state index < -0.39 is 34.6 Å². The molecule has 4 aliphatic rings. The Morgan fingerprint density at radius 2 is 1.96 bits per heavy atom. The minimum absolute atomic E-state index is 0.0215. The van der Waals surface area contributed by atoms with Gasteiger partial charge in [0.2, 0.25) is 0 Å². The van der Waals surface area contributed by atoms with E-state index in [0.29, 0.717) is 12.8 Å². The van der Waals surface area contributed by atoms with E-state index in [4.69, 9.17) is 0 Å². The second-order valence-corrected chi connectivity index (χ2v) is 9.03. The van der Waals surface area contributed by atoms with Crippen molar-refractivity contribution in [1.29, 1.82) is 0 Å². The third-order valence-corrected chi connectivity index (χ3v) is 8.04. The van der Waals surface area contributed by atoms with Crippen LogP contribution in [0.2, 0.25) is 0 Å². The molecule has 0 aromatic heterocycles. The predicted molar refractivity (Wildman–Crippen MR) is 92.0 cm³/mol. The summed E-state index contributed by atoms with van der Waals surface area (Å²) in [5.74, 6) is -1.84. The topological polar surface area (TPSA) is 115 Å². The molecule has 26 heavy (non-hydrogen) atoms. The molecule has 0 aromatic rings. The molecule has 6 heteroatoms. The largest absolute Gasteiger partial charge is 0.479 e. The number of aliphatic hydroxyl groups excluding tert-OH is 2. The third kappa shape index (κ3) is 1.93. The molecule has 3 saturated carbocycles. The van der Waals surface area contributed by atoms with E-state index in [-0.39, 0.29) is 36.4 Å². The van der Waals surface area contributed by atoms with Crippen LogP contribution in [0.25, 0.3) is 0 Å². The zero-order valence-electron chi connectivity index (χ0n) is 15.1. The van der Waals surface area contributed by atoms with E-state index in [0.717, 1.165) is 5.57 Å². The van der Waals surface area contributed by atoms with Crippen LogP contribution >= 0.6 is 0 Å². The van der Waals surface area contributed by atoms with Crippen LogP contribution in [0.5, 0.6) is 0 Å². The van der Waals surface area contributed by atoms with Crippen molar-refractivity contribution >= 4 is 11.8 Å². The number of hydrogen-bond acceptors (Lipinski definition) is 5. The average Bonchev–Trinajstić information content (AvgIpc) is 2.76. The molecule has 4 aliphatic carbocycles. The fourth-order valence-corrected chi connectivity index (χ4v) is 6.72. The summed E-state index contributed by atoms with van der Waals surface area (Å²) in [4.78, 5) is 23.6. The number of aliphatic hydroxyl groups is 3. The van der Waals surface area contributed by atoms with E-state index in [1.54, 1.807) is 19.1 Å². The van der Waals surface area contributed by atoms with Crippen LogP contribution in [0.1, 0.15) is 39.5 Å². The number of carboxylic acids is 1. The Kier molecular flexibility index (Phi) is 3.63. The van der Waals surface area contributed by atoms with Crippen molar-refractivity contribution in [1.82, 2.24) is 0 Å². The van der Waals surface area contributed by atoms with Gasteiger partial charge in [-0.1, -0.05) is 25.5 Å². The first kappa shape index (κ1) is 17.9. The molecule has 4 N–H and O–H groups in total. The summed E-state index contributed by atoms with van der Waals surface area (Å²) in [7, 11) is 0. The highest BCUT2D eigenvalue weighted by Crippen LogP contribution is 2.66. The van der Waals surface area contributed by atoms with Gasteiger partial charge in [-0.15, -0.1) is 0 Å². The molecule has 0 saturated heterocycles. The summed E-state index contributed by atoms with van der Waals surface area (Å²) in [5.41, 5.74) is -2.78. The normalized spacial score (nSPS) is 52.7. The van der Waals surface area contributed by atoms with Crippen LogP contribution in [0.15, 0.2) is 23.8 Å². The maximum atomic E-state index is 11.8. The van der Waals surface area contributed by atoms with Gasteiger partial charge in [-0.05, 0) is 49.7 Å². The smallest absolute Gasteiger partial charge is 0.339 e. The molecular formula is C20H26O6. The minimum Gasteiger partial charge on any atom is -0.479 e. The lowest BCUT2D eigenvalue weighted by atomic mass is 9.46. The number of ketones is 1. The van der Waals surface area contributed by atoms with E-state index in [1.165, 1.54) is 0 Å². The van der Waals surface area contributed by atoms with Crippen molar-refractivity contribution in [2.45, 2.75) is 57.3 Å². The number of rotatable bonds is 1. The number of aliphatic carboxylic acids is 1. The lowest BCUT2D eigenvalue weighted by Crippen LogP contribution is -2.63. The molecule has 6 nitrogen and oxygen atoms in total. The third-order valence-electron chi connectivity index (χ3n) is 8.04. The zero-order chi connectivity index (χ0) is 19.1. The average molecular weight is 362 g/mol. The molecule has 142 valence electrons. The Morgan fingerprint density at radius 3 is 2.62 bits per heavy atom. The Hall–Kier alpha value is -1.50. The van der Waals surface area contributed by atoms with Crippen LogP contribution in [-0.2, 0) is 9.59 Å². The van der Waals surface area contributed by atoms with Crippen molar-refractivity contribution in [2.24, 2.45) is 28.6 Å². The first-order chi connectivity index (χ1) is 12.1. The highest BCUT2D eigenvalue weighted by Gasteiger charge is 2.72. The summed E-state index contributed by atoms with van der Waals surface area (Å²) in [6, 6.07) is 0. The second-order valence-electron chi connectivity index (χ2n) is 9.03. The van der Waals surface area contributed by atoms with Gasteiger partial charge in [0.15, 0.2) is 11.4 Å². The summed E-state index contributed by atoms with van der Waals surface area (Å²) < 4.78 is 0. The number of fused-ring (bicyclic) bond motifs is 5. The van der Waals surface area contributed by atoms with Crippen LogP contribution < -0.4 is 0 Å². The molecular weight excluding hydrogens is 336 g/mol. The van der Waals surface area contributed by atoms with E-state index in [9.17, 15) is 30.0 Å². The van der Waals surface area contributed by atoms with Crippen molar-refractivity contribution in [3.63, 3.8) is 0 Å². The number of allylic oxidation sites excluding steroid dienone is 4. The van der Waals surface area contributed by atoms with Crippen LogP contribution in [0.3, 0.4) is 0 Å². The summed E-state index contributed by atoms with van der Waals surface area (Å²) >= 11 is 0. The molecule has 0 amide bonds. The van der Waals surface area contributed by atoms with Gasteiger partial charge in [0, 0.05) is 16.7 Å². The SMILES string of the molecule is C[C@]12C=CC(=O)C=C1CC[C@@H]1[C@@H]2[C@@H](O)C[C@@]2(C)[C@H]1C[C@@H](O)[C@]2(O)C(=O)O. The quantitative estimate of drug-likeness (QED) is 0.554. The van der Waals surface area contributed by atoms with Gasteiger partial charge in [0.1, 0.15) is 0 Å². The number of carbonyl (C=O) groups is 2. The van der Waals surface area contributed by atoms with Crippen molar-refractivity contribution in [3.05, 3.63) is 23.8 Å². The van der Waals surface area contributed by atoms with Crippen molar-refractivity contribution < 1.29 is 30.0 Å². The molecule has 8 atom stereocenters. The molecule has 0 unspecified atom stereocenters. The minimum atomic E-state index is -2.25. The Labute approximate surface area is 152 Å². The van der Waals surface area contributed by atoms with Gasteiger partial charge in [-0.3, -0.25) is 4.79 Å². The number of carboxylic acid groups (broad SMARTS) is 1. The number of hydrogen-bond donors (Lipinski definition) is 4. The Bertz CT molecular complexity index is 741. The van der Waals surface area contributed by atoms with Crippen LogP contribution in [-0.4, -0.2) is 50.0 Å². The summed E-state index contributed by atoms with van der Waals surface area (Å²) in [5, 5.41) is 42.0. The standard InChI is InChI=1S/C20H26O6/c1-18-6-5-11(21)7-10(18)3-4-12-13-8-15(23)20(26,17(24)25)19(13,2)9-14(22)16(12)18/h5-7,12-16,22-23,26H,3-4,8-9H2,1-2H3,(H,24,25)/t12-,13-,14-,15+,16+,18-,19-,20-/m0/s1. The fourth-order valence-electron chi connectivity index (χ4n) is 6.72. The fraction of sp³-hybridized carbons (Fsp3) is 0.700. The van der Waals surface area contributed by atoms with Gasteiger partial charge in [-0.2, -0.15) is 0 Å². The summed E-state index contributed by atoms with van der Waals surface area (Å²) in [6.07, 6.45) is 4.66. The molecule has 0 heterocycles. The maximum absolute atomic E-state index is 11.8. The predicted octanol–water partition coefficient (Wildman–Crippen LogP) is 1.05. The van der Waals surface area contributed by atoms with Crippen LogP contribution in [0, 0.1) is 28.6 Å². The van der Waals surface area contributed by atoms with Gasteiger partial charge >= 0.3 is 5.97 Å². The highest BCUT2D eigenvalue weighted by atomic mass is 16.4. The van der Waals surface area contributed by atoms with E-state index >= 15 is 0 Å². The molecule has 0 bridgehead atoms. The molecule has 0 aliphatic heterocycles. The van der Waals surface area contributed by atoms with Crippen LogP contribution in [0.4, 0.5) is 0 Å². The monoisotopic (exact) mass is 362 g/mol. The number of carbonyl (C=O) groups excluding carboxylic acids is 1. The first-order valence-electron chi connectivity index (χ1n) is 9.32.